The van der Waals surface area contributed by atoms with Gasteiger partial charge in [-0.05, 0) is 18.8 Å². The molecule has 0 aromatic carbocycles. The molecule has 0 radical (unpaired) electrons. The molecule has 0 aromatic rings. The van der Waals surface area contributed by atoms with E-state index in [0.29, 0.717) is 17.6 Å². The Bertz CT molecular complexity index is 147. The van der Waals surface area contributed by atoms with E-state index in [1.807, 2.05) is 0 Å². The van der Waals surface area contributed by atoms with Gasteiger partial charge in [-0.25, -0.2) is 0 Å². The van der Waals surface area contributed by atoms with Crippen LogP contribution in [0.15, 0.2) is 0 Å². The minimum atomic E-state index is 0.377. The quantitative estimate of drug-likeness (QED) is 0.543. The highest BCUT2D eigenvalue weighted by Crippen LogP contribution is 2.34. The summed E-state index contributed by atoms with van der Waals surface area (Å²) in [6, 6.07) is 0. The SMILES string of the molecule is O=C1CCC1C1CCOC1. The van der Waals surface area contributed by atoms with Gasteiger partial charge in [0.05, 0.1) is 6.61 Å². The van der Waals surface area contributed by atoms with E-state index in [0.717, 1.165) is 32.5 Å². The molecule has 1 saturated heterocycles. The first kappa shape index (κ1) is 6.35. The zero-order valence-corrected chi connectivity index (χ0v) is 6.01. The topological polar surface area (TPSA) is 26.3 Å². The zero-order chi connectivity index (χ0) is 6.97. The molecule has 1 saturated carbocycles. The van der Waals surface area contributed by atoms with Crippen LogP contribution in [0.4, 0.5) is 0 Å². The molecule has 56 valence electrons. The number of rotatable bonds is 1. The fourth-order valence-corrected chi connectivity index (χ4v) is 1.80. The van der Waals surface area contributed by atoms with E-state index in [-0.39, 0.29) is 0 Å². The molecule has 0 N–H and O–H groups in total. The van der Waals surface area contributed by atoms with Gasteiger partial charge in [-0.3, -0.25) is 4.79 Å². The standard InChI is InChI=1S/C8H12O2/c9-8-2-1-7(8)6-3-4-10-5-6/h6-7H,1-5H2. The lowest BCUT2D eigenvalue weighted by atomic mass is 9.74. The summed E-state index contributed by atoms with van der Waals surface area (Å²) in [5.41, 5.74) is 0. The average Bonchev–Trinajstić information content (AvgIpc) is 2.37. The summed E-state index contributed by atoms with van der Waals surface area (Å²) in [6.07, 6.45) is 3.05. The van der Waals surface area contributed by atoms with Crippen molar-refractivity contribution < 1.29 is 9.53 Å². The molecule has 10 heavy (non-hydrogen) atoms. The van der Waals surface area contributed by atoms with Gasteiger partial charge >= 0.3 is 0 Å². The third kappa shape index (κ3) is 0.870. The van der Waals surface area contributed by atoms with Crippen molar-refractivity contribution in [3.63, 3.8) is 0 Å². The first-order chi connectivity index (χ1) is 4.88. The van der Waals surface area contributed by atoms with Crippen LogP contribution in [0.25, 0.3) is 0 Å². The Hall–Kier alpha value is -0.370. The fraction of sp³-hybridized carbons (Fsp3) is 0.875. The van der Waals surface area contributed by atoms with Crippen molar-refractivity contribution in [2.24, 2.45) is 11.8 Å². The minimum absolute atomic E-state index is 0.377. The van der Waals surface area contributed by atoms with Gasteiger partial charge in [-0.15, -0.1) is 0 Å². The average molecular weight is 140 g/mol. The molecule has 2 heteroatoms. The molecule has 2 fully saturated rings. The van der Waals surface area contributed by atoms with E-state index in [2.05, 4.69) is 0 Å². The number of carbonyl (C=O) groups is 1. The highest BCUT2D eigenvalue weighted by molar-refractivity contribution is 5.86. The summed E-state index contributed by atoms with van der Waals surface area (Å²) in [5.74, 6) is 1.42. The maximum Gasteiger partial charge on any atom is 0.136 e. The van der Waals surface area contributed by atoms with Gasteiger partial charge in [0.1, 0.15) is 5.78 Å². The Morgan fingerprint density at radius 3 is 2.70 bits per heavy atom. The molecule has 0 aromatic heterocycles. The van der Waals surface area contributed by atoms with Crippen molar-refractivity contribution >= 4 is 5.78 Å². The third-order valence-electron chi connectivity index (χ3n) is 2.65. The van der Waals surface area contributed by atoms with Crippen LogP contribution >= 0.6 is 0 Å². The Kier molecular flexibility index (Phi) is 1.49. The molecule has 0 amide bonds. The van der Waals surface area contributed by atoms with Crippen molar-refractivity contribution in [1.29, 1.82) is 0 Å². The maximum absolute atomic E-state index is 11.0. The maximum atomic E-state index is 11.0. The second-order valence-electron chi connectivity index (χ2n) is 3.24. The molecular formula is C8H12O2. The lowest BCUT2D eigenvalue weighted by Gasteiger charge is -2.28. The molecule has 0 bridgehead atoms. The predicted molar refractivity (Wildman–Crippen MR) is 36.7 cm³/mol. The van der Waals surface area contributed by atoms with E-state index >= 15 is 0 Å². The van der Waals surface area contributed by atoms with Gasteiger partial charge in [0.15, 0.2) is 0 Å². The van der Waals surface area contributed by atoms with Gasteiger partial charge in [0.25, 0.3) is 0 Å². The molecule has 2 nitrogen and oxygen atoms in total. The van der Waals surface area contributed by atoms with E-state index in [1.54, 1.807) is 0 Å². The van der Waals surface area contributed by atoms with Crippen molar-refractivity contribution in [3.05, 3.63) is 0 Å². The van der Waals surface area contributed by atoms with Gasteiger partial charge in [-0.1, -0.05) is 0 Å². The number of hydrogen-bond acceptors (Lipinski definition) is 2. The number of ketones is 1. The fourth-order valence-electron chi connectivity index (χ4n) is 1.80. The van der Waals surface area contributed by atoms with Crippen LogP contribution in [0.3, 0.4) is 0 Å². The van der Waals surface area contributed by atoms with E-state index in [9.17, 15) is 4.79 Å². The van der Waals surface area contributed by atoms with Crippen LogP contribution in [0.5, 0.6) is 0 Å². The molecule has 2 rings (SSSR count). The van der Waals surface area contributed by atoms with Crippen LogP contribution in [-0.4, -0.2) is 19.0 Å². The van der Waals surface area contributed by atoms with Crippen molar-refractivity contribution in [2.45, 2.75) is 19.3 Å². The Balaban J connectivity index is 1.92. The second-order valence-corrected chi connectivity index (χ2v) is 3.24. The zero-order valence-electron chi connectivity index (χ0n) is 6.01. The van der Waals surface area contributed by atoms with Gasteiger partial charge in [-0.2, -0.15) is 0 Å². The molecule has 1 aliphatic heterocycles. The molecule has 2 unspecified atom stereocenters. The molecule has 1 heterocycles. The smallest absolute Gasteiger partial charge is 0.136 e. The molecule has 0 spiro atoms. The minimum Gasteiger partial charge on any atom is -0.381 e. The van der Waals surface area contributed by atoms with Crippen molar-refractivity contribution in [1.82, 2.24) is 0 Å². The molecule has 2 aliphatic rings. The van der Waals surface area contributed by atoms with E-state index < -0.39 is 0 Å². The summed E-state index contributed by atoms with van der Waals surface area (Å²) in [5, 5.41) is 0. The summed E-state index contributed by atoms with van der Waals surface area (Å²) >= 11 is 0. The Morgan fingerprint density at radius 2 is 2.30 bits per heavy atom. The molecular weight excluding hydrogens is 128 g/mol. The summed E-state index contributed by atoms with van der Waals surface area (Å²) in [7, 11) is 0. The Morgan fingerprint density at radius 1 is 1.40 bits per heavy atom. The Labute approximate surface area is 60.6 Å². The second kappa shape index (κ2) is 2.35. The largest absolute Gasteiger partial charge is 0.381 e. The highest BCUT2D eigenvalue weighted by atomic mass is 16.5. The first-order valence-electron chi connectivity index (χ1n) is 3.98. The van der Waals surface area contributed by atoms with Crippen LogP contribution in [0, 0.1) is 11.8 Å². The monoisotopic (exact) mass is 140 g/mol. The van der Waals surface area contributed by atoms with Crippen molar-refractivity contribution in [3.8, 4) is 0 Å². The van der Waals surface area contributed by atoms with Crippen molar-refractivity contribution in [2.75, 3.05) is 13.2 Å². The lowest BCUT2D eigenvalue weighted by Crippen LogP contribution is -2.32. The normalized spacial score (nSPS) is 39.8. The van der Waals surface area contributed by atoms with E-state index in [4.69, 9.17) is 4.74 Å². The summed E-state index contributed by atoms with van der Waals surface area (Å²) in [6.45, 7) is 1.70. The van der Waals surface area contributed by atoms with Crippen LogP contribution in [0.2, 0.25) is 0 Å². The summed E-state index contributed by atoms with van der Waals surface area (Å²) in [4.78, 5) is 11.0. The van der Waals surface area contributed by atoms with Crippen LogP contribution < -0.4 is 0 Å². The van der Waals surface area contributed by atoms with Crippen LogP contribution in [-0.2, 0) is 9.53 Å². The predicted octanol–water partition coefficient (Wildman–Crippen LogP) is 1.00. The number of carbonyl (C=O) groups excluding carboxylic acids is 1. The van der Waals surface area contributed by atoms with Crippen LogP contribution in [0.1, 0.15) is 19.3 Å². The van der Waals surface area contributed by atoms with E-state index in [1.165, 1.54) is 0 Å². The number of hydrogen-bond donors (Lipinski definition) is 0. The van der Waals surface area contributed by atoms with Gasteiger partial charge in [0.2, 0.25) is 0 Å². The number of ether oxygens (including phenoxy) is 1. The summed E-state index contributed by atoms with van der Waals surface area (Å²) < 4.78 is 5.21. The molecule has 1 aliphatic carbocycles. The first-order valence-corrected chi connectivity index (χ1v) is 3.98. The number of Topliss-reactive ketones (excluding diaryl/α,β-unsaturated/α-hetero) is 1. The van der Waals surface area contributed by atoms with Gasteiger partial charge in [0, 0.05) is 18.9 Å². The third-order valence-corrected chi connectivity index (χ3v) is 2.65. The lowest BCUT2D eigenvalue weighted by molar-refractivity contribution is -0.131. The molecule has 2 atom stereocenters. The van der Waals surface area contributed by atoms with Gasteiger partial charge < -0.3 is 4.74 Å². The highest BCUT2D eigenvalue weighted by Gasteiger charge is 2.36.